The van der Waals surface area contributed by atoms with Crippen molar-refractivity contribution in [3.63, 3.8) is 0 Å². The number of para-hydroxylation sites is 1. The Morgan fingerprint density at radius 1 is 0.846 bits per heavy atom. The maximum atomic E-state index is 2.68. The van der Waals surface area contributed by atoms with Gasteiger partial charge < -0.3 is 4.48 Å². The third-order valence-corrected chi connectivity index (χ3v) is 6.76. The molecule has 2 aromatic carbocycles. The Kier molecular flexibility index (Phi) is 2.33. The summed E-state index contributed by atoms with van der Waals surface area (Å²) < 4.78 is 2.68. The topological polar surface area (TPSA) is 4.93 Å². The van der Waals surface area contributed by atoms with Gasteiger partial charge in [0.2, 0.25) is 0 Å². The highest BCUT2D eigenvalue weighted by Crippen LogP contribution is 2.39. The number of fused-ring (bicyclic) bond motifs is 6. The Morgan fingerprint density at radius 3 is 2.73 bits per heavy atom. The van der Waals surface area contributed by atoms with Crippen molar-refractivity contribution in [1.29, 1.82) is 0 Å². The fourth-order valence-electron chi connectivity index (χ4n) is 5.84. The van der Waals surface area contributed by atoms with Crippen molar-refractivity contribution in [2.75, 3.05) is 0 Å². The van der Waals surface area contributed by atoms with Gasteiger partial charge in [0.05, 0.1) is 0 Å². The van der Waals surface area contributed by atoms with E-state index < -0.39 is 0 Å². The molecule has 3 heterocycles. The predicted molar refractivity (Wildman–Crippen MR) is 110 cm³/mol. The van der Waals surface area contributed by atoms with E-state index in [-0.39, 0.29) is 0 Å². The zero-order chi connectivity index (χ0) is 16.8. The Bertz CT molecular complexity index is 1330. The zero-order valence-corrected chi connectivity index (χ0v) is 14.6. The van der Waals surface area contributed by atoms with Crippen LogP contribution in [0.3, 0.4) is 0 Å². The second-order valence-corrected chi connectivity index (χ2v) is 7.92. The van der Waals surface area contributed by atoms with Crippen LogP contribution in [0.2, 0.25) is 0 Å². The van der Waals surface area contributed by atoms with Crippen molar-refractivity contribution in [2.24, 2.45) is 0 Å². The summed E-state index contributed by atoms with van der Waals surface area (Å²) in [7, 11) is 0. The molecule has 2 aliphatic heterocycles. The molecule has 0 radical (unpaired) electrons. The lowest BCUT2D eigenvalue weighted by molar-refractivity contribution is 0.929. The van der Waals surface area contributed by atoms with Gasteiger partial charge in [0, 0.05) is 27.0 Å². The van der Waals surface area contributed by atoms with Gasteiger partial charge in [-0.15, -0.1) is 0 Å². The minimum atomic E-state index is 0.342. The molecule has 0 bridgehead atoms. The van der Waals surface area contributed by atoms with Crippen molar-refractivity contribution >= 4 is 34.9 Å². The molecule has 0 spiro atoms. The number of nitrogens with zero attached hydrogens (tertiary/aromatic N) is 1. The Balaban J connectivity index is 1.82. The van der Waals surface area contributed by atoms with Crippen LogP contribution in [-0.2, 0) is 0 Å². The van der Waals surface area contributed by atoms with E-state index in [0.29, 0.717) is 6.85 Å². The van der Waals surface area contributed by atoms with E-state index in [1.165, 1.54) is 63.7 Å². The lowest BCUT2D eigenvalue weighted by Gasteiger charge is -2.34. The molecule has 4 aliphatic rings. The minimum absolute atomic E-state index is 0.342. The molecule has 0 fully saturated rings. The molecule has 0 N–H and O–H groups in total. The lowest BCUT2D eigenvalue weighted by atomic mass is 9.44. The molecule has 122 valence electrons. The summed E-state index contributed by atoms with van der Waals surface area (Å²) in [4.78, 5) is 0. The van der Waals surface area contributed by atoms with Gasteiger partial charge >= 0.3 is 6.85 Å². The summed E-state index contributed by atoms with van der Waals surface area (Å²) in [5.74, 6) is 0. The molecule has 0 unspecified atom stereocenters. The van der Waals surface area contributed by atoms with Gasteiger partial charge in [0.25, 0.3) is 0 Å². The molecule has 0 saturated carbocycles. The molecule has 26 heavy (non-hydrogen) atoms. The third kappa shape index (κ3) is 1.39. The van der Waals surface area contributed by atoms with E-state index in [9.17, 15) is 0 Å². The fraction of sp³-hybridized carbons (Fsp3) is 0.167. The van der Waals surface area contributed by atoms with Gasteiger partial charge in [-0.3, -0.25) is 0 Å². The molecule has 0 atom stereocenters. The second-order valence-electron chi connectivity index (χ2n) is 7.92. The number of aromatic nitrogens is 1. The third-order valence-electron chi connectivity index (χ3n) is 6.76. The van der Waals surface area contributed by atoms with Gasteiger partial charge in [-0.2, -0.15) is 0 Å². The fourth-order valence-corrected chi connectivity index (χ4v) is 5.84. The van der Waals surface area contributed by atoms with Crippen LogP contribution in [0.5, 0.6) is 0 Å². The second kappa shape index (κ2) is 4.51. The highest BCUT2D eigenvalue weighted by molar-refractivity contribution is 6.82. The van der Waals surface area contributed by atoms with Gasteiger partial charge in [0.1, 0.15) is 0 Å². The molecule has 2 aliphatic carbocycles. The average Bonchev–Trinajstić information content (AvgIpc) is 3.05. The first-order chi connectivity index (χ1) is 12.9. The highest BCUT2D eigenvalue weighted by atomic mass is 14.9. The summed E-state index contributed by atoms with van der Waals surface area (Å²) in [5, 5.41) is 4.45. The number of hydrogen-bond donors (Lipinski definition) is 0. The minimum Gasteiger partial charge on any atom is -0.375 e. The maximum absolute atomic E-state index is 2.68. The Morgan fingerprint density at radius 2 is 1.73 bits per heavy atom. The monoisotopic (exact) mass is 331 g/mol. The van der Waals surface area contributed by atoms with E-state index in [1.54, 1.807) is 16.6 Å². The Labute approximate surface area is 152 Å². The van der Waals surface area contributed by atoms with Crippen molar-refractivity contribution in [2.45, 2.75) is 25.7 Å². The van der Waals surface area contributed by atoms with Gasteiger partial charge in [-0.1, -0.05) is 60.7 Å². The number of rotatable bonds is 0. The molecule has 3 aromatic rings. The smallest absolute Gasteiger partial charge is 0.329 e. The normalized spacial score (nSPS) is 18.8. The lowest BCUT2D eigenvalue weighted by Crippen LogP contribution is -2.53. The maximum Gasteiger partial charge on any atom is 0.329 e. The van der Waals surface area contributed by atoms with E-state index in [1.807, 2.05) is 0 Å². The Hall–Kier alpha value is -2.74. The first-order valence-corrected chi connectivity index (χ1v) is 9.79. The van der Waals surface area contributed by atoms with Crippen molar-refractivity contribution in [1.82, 2.24) is 4.48 Å². The highest BCUT2D eigenvalue weighted by Gasteiger charge is 2.39. The summed E-state index contributed by atoms with van der Waals surface area (Å²) >= 11 is 0. The van der Waals surface area contributed by atoms with Crippen molar-refractivity contribution in [3.8, 4) is 11.1 Å². The van der Waals surface area contributed by atoms with E-state index >= 15 is 0 Å². The van der Waals surface area contributed by atoms with Gasteiger partial charge in [-0.25, -0.2) is 0 Å². The largest absolute Gasteiger partial charge is 0.375 e. The first kappa shape index (κ1) is 13.5. The van der Waals surface area contributed by atoms with E-state index in [0.717, 1.165) is 0 Å². The van der Waals surface area contributed by atoms with E-state index in [2.05, 4.69) is 65.2 Å². The number of benzene rings is 2. The van der Waals surface area contributed by atoms with E-state index in [4.69, 9.17) is 0 Å². The molecule has 0 saturated heterocycles. The molecule has 1 nitrogen and oxygen atoms in total. The van der Waals surface area contributed by atoms with Crippen LogP contribution < -0.4 is 16.0 Å². The van der Waals surface area contributed by atoms with Crippen LogP contribution >= 0.6 is 0 Å². The standard InChI is InChI=1S/C24H18BN/c1-3-13-21-15(7-1)17-9-5-11-19-20-12-6-10-18-16-8-2-4-14-22(16)25(21)26(23(17)19)24(18)20/h1,3-5,7,9,11-14H,2,6,8,10H2. The van der Waals surface area contributed by atoms with Gasteiger partial charge in [0.15, 0.2) is 0 Å². The van der Waals surface area contributed by atoms with Gasteiger partial charge in [-0.05, 0) is 53.3 Å². The number of hydrogen-bond acceptors (Lipinski definition) is 0. The summed E-state index contributed by atoms with van der Waals surface area (Å²) in [6, 6.07) is 15.9. The molecule has 7 rings (SSSR count). The zero-order valence-electron chi connectivity index (χ0n) is 14.6. The predicted octanol–water partition coefficient (Wildman–Crippen LogP) is 3.29. The SMILES string of the molecule is C1=CC2=C(CC1)C1=c3c(c4cccc5c4n3B2c2ccccc2-5)=CCC1. The molecule has 1 aromatic heterocycles. The van der Waals surface area contributed by atoms with Crippen LogP contribution in [0.25, 0.3) is 33.7 Å². The van der Waals surface area contributed by atoms with Crippen LogP contribution in [-0.4, -0.2) is 11.3 Å². The van der Waals surface area contributed by atoms with Crippen molar-refractivity contribution in [3.05, 3.63) is 76.2 Å². The average molecular weight is 331 g/mol. The van der Waals surface area contributed by atoms with Crippen LogP contribution in [0.15, 0.2) is 65.7 Å². The van der Waals surface area contributed by atoms with Crippen molar-refractivity contribution < 1.29 is 0 Å². The first-order valence-electron chi connectivity index (χ1n) is 9.79. The summed E-state index contributed by atoms with van der Waals surface area (Å²) in [6.07, 6.45) is 12.0. The summed E-state index contributed by atoms with van der Waals surface area (Å²) in [6.45, 7) is 0.342. The van der Waals surface area contributed by atoms with Crippen LogP contribution in [0.1, 0.15) is 25.7 Å². The van der Waals surface area contributed by atoms with Crippen LogP contribution in [0.4, 0.5) is 0 Å². The quantitative estimate of drug-likeness (QED) is 0.557. The molecular weight excluding hydrogens is 313 g/mol. The summed E-state index contributed by atoms with van der Waals surface area (Å²) in [5.41, 5.74) is 10.5. The molecule has 2 heteroatoms. The molecule has 0 amide bonds. The van der Waals surface area contributed by atoms with Crippen LogP contribution in [0, 0.1) is 0 Å². The molecular formula is C24H18BN. The number of allylic oxidation sites excluding steroid dienone is 4.